The zero-order valence-corrected chi connectivity index (χ0v) is 11.1. The van der Waals surface area contributed by atoms with Gasteiger partial charge < -0.3 is 0 Å². The van der Waals surface area contributed by atoms with Gasteiger partial charge in [-0.3, -0.25) is 0 Å². The van der Waals surface area contributed by atoms with Crippen molar-refractivity contribution in [2.45, 2.75) is 26.2 Å². The van der Waals surface area contributed by atoms with E-state index in [2.05, 4.69) is 38.1 Å². The van der Waals surface area contributed by atoms with Gasteiger partial charge in [-0.1, -0.05) is 36.8 Å². The summed E-state index contributed by atoms with van der Waals surface area (Å²) in [5.74, 6) is 3.66. The van der Waals surface area contributed by atoms with E-state index in [1.165, 1.54) is 29.1 Å². The molecule has 1 aromatic rings. The smallest absolute Gasteiger partial charge is 0.0292 e. The van der Waals surface area contributed by atoms with Crippen molar-refractivity contribution in [3.05, 3.63) is 35.4 Å². The number of halogens is 1. The Morgan fingerprint density at radius 3 is 2.47 bits per heavy atom. The summed E-state index contributed by atoms with van der Waals surface area (Å²) in [7, 11) is 0. The van der Waals surface area contributed by atoms with Gasteiger partial charge in [-0.05, 0) is 36.3 Å². The van der Waals surface area contributed by atoms with E-state index in [9.17, 15) is 0 Å². The van der Waals surface area contributed by atoms with Crippen molar-refractivity contribution in [1.82, 2.24) is 0 Å². The minimum atomic E-state index is 0.520. The molecule has 0 aliphatic heterocycles. The maximum absolute atomic E-state index is 6.01. The second kappa shape index (κ2) is 7.19. The van der Waals surface area contributed by atoms with Gasteiger partial charge in [0.1, 0.15) is 0 Å². The van der Waals surface area contributed by atoms with Crippen molar-refractivity contribution < 1.29 is 0 Å². The number of hydrogen-bond acceptors (Lipinski definition) is 1. The molecule has 1 atom stereocenters. The Hall–Kier alpha value is -0.140. The molecule has 0 aliphatic carbocycles. The molecule has 1 unspecified atom stereocenters. The number of aryl methyl sites for hydroxylation is 1. The van der Waals surface area contributed by atoms with E-state index in [0.717, 1.165) is 5.88 Å². The number of thioether (sulfide) groups is 1. The van der Waals surface area contributed by atoms with Gasteiger partial charge in [0.2, 0.25) is 0 Å². The van der Waals surface area contributed by atoms with E-state index in [-0.39, 0.29) is 0 Å². The van der Waals surface area contributed by atoms with Gasteiger partial charge in [-0.15, -0.1) is 11.6 Å². The van der Waals surface area contributed by atoms with Gasteiger partial charge in [0.25, 0.3) is 0 Å². The third kappa shape index (κ3) is 4.48. The molecular weight excluding hydrogens is 224 g/mol. The highest BCUT2D eigenvalue weighted by Gasteiger charge is 2.09. The number of hydrogen-bond donors (Lipinski definition) is 0. The zero-order valence-electron chi connectivity index (χ0n) is 9.50. The summed E-state index contributed by atoms with van der Waals surface area (Å²) in [6.45, 7) is 4.32. The van der Waals surface area contributed by atoms with E-state index in [1.54, 1.807) is 0 Å². The van der Waals surface area contributed by atoms with Crippen LogP contribution in [0, 0.1) is 6.92 Å². The molecule has 0 nitrogen and oxygen atoms in total. The van der Waals surface area contributed by atoms with E-state index in [1.807, 2.05) is 11.8 Å². The molecule has 0 saturated heterocycles. The van der Waals surface area contributed by atoms with E-state index >= 15 is 0 Å². The third-order valence-electron chi connectivity index (χ3n) is 2.55. The first-order valence-corrected chi connectivity index (χ1v) is 7.17. The maximum atomic E-state index is 6.01. The van der Waals surface area contributed by atoms with Crippen molar-refractivity contribution >= 4 is 23.4 Å². The van der Waals surface area contributed by atoms with Crippen LogP contribution in [0.3, 0.4) is 0 Å². The van der Waals surface area contributed by atoms with Crippen LogP contribution in [-0.2, 0) is 0 Å². The summed E-state index contributed by atoms with van der Waals surface area (Å²) >= 11 is 8.00. The summed E-state index contributed by atoms with van der Waals surface area (Å²) in [6.07, 6.45) is 1.19. The standard InChI is InChI=1S/C13H19ClS/c1-3-15-9-8-13(10-14)12-6-4-11(2)5-7-12/h4-7,13H,3,8-10H2,1-2H3. The molecular formula is C13H19ClS. The molecule has 1 rings (SSSR count). The summed E-state index contributed by atoms with van der Waals surface area (Å²) in [6, 6.07) is 8.75. The van der Waals surface area contributed by atoms with Gasteiger partial charge in [0.15, 0.2) is 0 Å². The van der Waals surface area contributed by atoms with Crippen LogP contribution in [0.15, 0.2) is 24.3 Å². The lowest BCUT2D eigenvalue weighted by Crippen LogP contribution is -2.02. The lowest BCUT2D eigenvalue weighted by Gasteiger charge is -2.14. The van der Waals surface area contributed by atoms with Crippen molar-refractivity contribution in [3.63, 3.8) is 0 Å². The van der Waals surface area contributed by atoms with Crippen LogP contribution in [0.5, 0.6) is 0 Å². The number of benzene rings is 1. The topological polar surface area (TPSA) is 0 Å². The Bertz CT molecular complexity index is 268. The fraction of sp³-hybridized carbons (Fsp3) is 0.538. The highest BCUT2D eigenvalue weighted by molar-refractivity contribution is 7.99. The van der Waals surface area contributed by atoms with Crippen LogP contribution in [0.4, 0.5) is 0 Å². The quantitative estimate of drug-likeness (QED) is 0.524. The SMILES string of the molecule is CCSCCC(CCl)c1ccc(C)cc1. The predicted octanol–water partition coefficient (Wildman–Crippen LogP) is 4.46. The molecule has 84 valence electrons. The highest BCUT2D eigenvalue weighted by atomic mass is 35.5. The molecule has 0 fully saturated rings. The van der Waals surface area contributed by atoms with Crippen LogP contribution in [0.25, 0.3) is 0 Å². The summed E-state index contributed by atoms with van der Waals surface area (Å²) < 4.78 is 0. The largest absolute Gasteiger partial charge is 0.162 e. The van der Waals surface area contributed by atoms with Crippen LogP contribution in [0.1, 0.15) is 30.4 Å². The van der Waals surface area contributed by atoms with E-state index in [0.29, 0.717) is 5.92 Å². The Morgan fingerprint density at radius 1 is 1.27 bits per heavy atom. The lowest BCUT2D eigenvalue weighted by molar-refractivity contribution is 0.747. The minimum Gasteiger partial charge on any atom is -0.162 e. The van der Waals surface area contributed by atoms with Crippen molar-refractivity contribution in [2.75, 3.05) is 17.4 Å². The van der Waals surface area contributed by atoms with Crippen LogP contribution >= 0.6 is 23.4 Å². The second-order valence-electron chi connectivity index (χ2n) is 3.75. The zero-order chi connectivity index (χ0) is 11.1. The molecule has 0 saturated carbocycles. The molecule has 0 heterocycles. The second-order valence-corrected chi connectivity index (χ2v) is 5.45. The van der Waals surface area contributed by atoms with Gasteiger partial charge in [0, 0.05) is 5.88 Å². The Balaban J connectivity index is 2.53. The fourth-order valence-corrected chi connectivity index (χ4v) is 2.61. The normalized spacial score (nSPS) is 12.7. The third-order valence-corrected chi connectivity index (χ3v) is 3.85. The van der Waals surface area contributed by atoms with Gasteiger partial charge in [-0.2, -0.15) is 11.8 Å². The molecule has 0 spiro atoms. The summed E-state index contributed by atoms with van der Waals surface area (Å²) in [4.78, 5) is 0. The first-order chi connectivity index (χ1) is 7.27. The average Bonchev–Trinajstić information content (AvgIpc) is 2.26. The maximum Gasteiger partial charge on any atom is 0.0292 e. The van der Waals surface area contributed by atoms with E-state index in [4.69, 9.17) is 11.6 Å². The first-order valence-electron chi connectivity index (χ1n) is 5.48. The molecule has 15 heavy (non-hydrogen) atoms. The molecule has 0 radical (unpaired) electrons. The summed E-state index contributed by atoms with van der Waals surface area (Å²) in [5, 5.41) is 0. The molecule has 0 N–H and O–H groups in total. The van der Waals surface area contributed by atoms with Gasteiger partial charge >= 0.3 is 0 Å². The van der Waals surface area contributed by atoms with Crippen molar-refractivity contribution in [2.24, 2.45) is 0 Å². The first kappa shape index (κ1) is 12.9. The number of alkyl halides is 1. The number of rotatable bonds is 6. The van der Waals surface area contributed by atoms with Gasteiger partial charge in [-0.25, -0.2) is 0 Å². The minimum absolute atomic E-state index is 0.520. The monoisotopic (exact) mass is 242 g/mol. The average molecular weight is 243 g/mol. The predicted molar refractivity (Wildman–Crippen MR) is 72.3 cm³/mol. The van der Waals surface area contributed by atoms with Crippen LogP contribution < -0.4 is 0 Å². The van der Waals surface area contributed by atoms with Crippen LogP contribution in [-0.4, -0.2) is 17.4 Å². The van der Waals surface area contributed by atoms with E-state index < -0.39 is 0 Å². The van der Waals surface area contributed by atoms with Crippen LogP contribution in [0.2, 0.25) is 0 Å². The Kier molecular flexibility index (Phi) is 6.19. The summed E-state index contributed by atoms with van der Waals surface area (Å²) in [5.41, 5.74) is 2.70. The lowest BCUT2D eigenvalue weighted by atomic mass is 9.98. The van der Waals surface area contributed by atoms with Crippen molar-refractivity contribution in [1.29, 1.82) is 0 Å². The Morgan fingerprint density at radius 2 is 1.93 bits per heavy atom. The molecule has 1 aromatic carbocycles. The fourth-order valence-electron chi connectivity index (χ4n) is 1.54. The molecule has 2 heteroatoms. The highest BCUT2D eigenvalue weighted by Crippen LogP contribution is 2.23. The molecule has 0 bridgehead atoms. The molecule has 0 aromatic heterocycles. The van der Waals surface area contributed by atoms with Crippen molar-refractivity contribution in [3.8, 4) is 0 Å². The molecule has 0 amide bonds. The van der Waals surface area contributed by atoms with Gasteiger partial charge in [0.05, 0.1) is 0 Å². The Labute approximate surface area is 102 Å². The molecule has 0 aliphatic rings.